The summed E-state index contributed by atoms with van der Waals surface area (Å²) in [6.45, 7) is 0. The molecule has 6 rings (SSSR count). The van der Waals surface area contributed by atoms with Crippen molar-refractivity contribution in [3.05, 3.63) is 131 Å². The zero-order chi connectivity index (χ0) is 24.6. The molecule has 0 amide bonds. The van der Waals surface area contributed by atoms with Crippen molar-refractivity contribution in [2.75, 3.05) is 0 Å². The van der Waals surface area contributed by atoms with E-state index in [2.05, 4.69) is 4.98 Å². The molecule has 0 saturated carbocycles. The Morgan fingerprint density at radius 2 is 1.44 bits per heavy atom. The number of fused-ring (bicyclic) bond motifs is 1. The van der Waals surface area contributed by atoms with E-state index in [1.54, 1.807) is 33.7 Å². The first kappa shape index (κ1) is 21.9. The molecule has 7 heteroatoms. The molecule has 0 N–H and O–H groups in total. The summed E-state index contributed by atoms with van der Waals surface area (Å²) in [7, 11) is 0. The lowest BCUT2D eigenvalue weighted by Gasteiger charge is -2.14. The molecule has 6 aromatic rings. The summed E-state index contributed by atoms with van der Waals surface area (Å²) in [6.07, 6.45) is 1.61. The van der Waals surface area contributed by atoms with E-state index < -0.39 is 0 Å². The minimum absolute atomic E-state index is 0.259. The Bertz CT molecular complexity index is 1760. The molecule has 0 radical (unpaired) electrons. The first-order chi connectivity index (χ1) is 17.6. The lowest BCUT2D eigenvalue weighted by atomic mass is 10.1. The number of para-hydroxylation sites is 1. The Hall–Kier alpha value is -4.55. The largest absolute Gasteiger partial charge is 0.293 e. The SMILES string of the molecule is O=c1c2c(ncn2-c2ccccc2)nc(-c2ccc(Cl)cc2)n1-c1ccc(-c2cccc(F)c2)cc1. The van der Waals surface area contributed by atoms with Crippen molar-refractivity contribution in [1.29, 1.82) is 0 Å². The third-order valence-corrected chi connectivity index (χ3v) is 6.25. The molecule has 0 aliphatic heterocycles. The van der Waals surface area contributed by atoms with Gasteiger partial charge in [-0.15, -0.1) is 0 Å². The van der Waals surface area contributed by atoms with Crippen molar-refractivity contribution >= 4 is 22.8 Å². The Morgan fingerprint density at radius 1 is 0.722 bits per heavy atom. The van der Waals surface area contributed by atoms with Crippen LogP contribution in [0.4, 0.5) is 4.39 Å². The fourth-order valence-electron chi connectivity index (χ4n) is 4.26. The third kappa shape index (κ3) is 3.87. The highest BCUT2D eigenvalue weighted by molar-refractivity contribution is 6.30. The molecular formula is C29H18ClFN4O. The van der Waals surface area contributed by atoms with Gasteiger partial charge in [-0.25, -0.2) is 14.4 Å². The fourth-order valence-corrected chi connectivity index (χ4v) is 4.39. The van der Waals surface area contributed by atoms with Gasteiger partial charge in [-0.1, -0.05) is 54.1 Å². The lowest BCUT2D eigenvalue weighted by molar-refractivity contribution is 0.628. The first-order valence-electron chi connectivity index (χ1n) is 11.3. The maximum Gasteiger partial charge on any atom is 0.285 e. The molecule has 36 heavy (non-hydrogen) atoms. The molecule has 0 unspecified atom stereocenters. The molecule has 0 saturated heterocycles. The Kier molecular flexibility index (Phi) is 5.43. The summed E-state index contributed by atoms with van der Waals surface area (Å²) < 4.78 is 17.1. The van der Waals surface area contributed by atoms with Gasteiger partial charge in [0.05, 0.1) is 5.69 Å². The van der Waals surface area contributed by atoms with Crippen LogP contribution in [0.25, 0.3) is 45.1 Å². The molecule has 4 aromatic carbocycles. The zero-order valence-electron chi connectivity index (χ0n) is 18.8. The standard InChI is InChI=1S/C29H18ClFN4O/c30-22-13-9-20(10-14-22)28-33-27-26(34(18-32-27)24-7-2-1-3-8-24)29(36)35(28)25-15-11-19(12-16-25)21-5-4-6-23(31)17-21/h1-18H. The van der Waals surface area contributed by atoms with Crippen molar-refractivity contribution in [1.82, 2.24) is 19.1 Å². The van der Waals surface area contributed by atoms with Crippen LogP contribution in [0.2, 0.25) is 5.02 Å². The molecule has 0 aliphatic carbocycles. The van der Waals surface area contributed by atoms with Gasteiger partial charge in [0, 0.05) is 16.3 Å². The first-order valence-corrected chi connectivity index (χ1v) is 11.6. The Morgan fingerprint density at radius 3 is 2.17 bits per heavy atom. The number of aromatic nitrogens is 4. The Balaban J connectivity index is 1.58. The fraction of sp³-hybridized carbons (Fsp3) is 0. The van der Waals surface area contributed by atoms with Gasteiger partial charge in [0.25, 0.3) is 5.56 Å². The number of rotatable bonds is 4. The summed E-state index contributed by atoms with van der Waals surface area (Å²) in [5.41, 5.74) is 4.21. The average Bonchev–Trinajstić information content (AvgIpc) is 3.34. The van der Waals surface area contributed by atoms with Crippen molar-refractivity contribution in [2.24, 2.45) is 0 Å². The van der Waals surface area contributed by atoms with Crippen LogP contribution >= 0.6 is 11.6 Å². The molecule has 5 nitrogen and oxygen atoms in total. The van der Waals surface area contributed by atoms with E-state index in [1.807, 2.05) is 72.8 Å². The second kappa shape index (κ2) is 8.91. The summed E-state index contributed by atoms with van der Waals surface area (Å²) >= 11 is 6.11. The molecule has 2 heterocycles. The van der Waals surface area contributed by atoms with Gasteiger partial charge in [0.1, 0.15) is 18.0 Å². The quantitative estimate of drug-likeness (QED) is 0.275. The zero-order valence-corrected chi connectivity index (χ0v) is 19.6. The number of halogens is 2. The molecule has 0 fully saturated rings. The second-order valence-corrected chi connectivity index (χ2v) is 8.70. The topological polar surface area (TPSA) is 52.7 Å². The average molecular weight is 493 g/mol. The van der Waals surface area contributed by atoms with E-state index >= 15 is 0 Å². The van der Waals surface area contributed by atoms with Crippen molar-refractivity contribution < 1.29 is 4.39 Å². The predicted octanol–water partition coefficient (Wildman–Crippen LogP) is 6.70. The minimum atomic E-state index is -0.304. The number of hydrogen-bond acceptors (Lipinski definition) is 3. The predicted molar refractivity (Wildman–Crippen MR) is 140 cm³/mol. The molecular weight excluding hydrogens is 475 g/mol. The van der Waals surface area contributed by atoms with Gasteiger partial charge in [0.2, 0.25) is 0 Å². The van der Waals surface area contributed by atoms with Crippen LogP contribution in [0.3, 0.4) is 0 Å². The number of hydrogen-bond donors (Lipinski definition) is 0. The van der Waals surface area contributed by atoms with E-state index in [9.17, 15) is 9.18 Å². The summed E-state index contributed by atoms with van der Waals surface area (Å²) in [5.74, 6) is 0.141. The second-order valence-electron chi connectivity index (χ2n) is 8.26. The van der Waals surface area contributed by atoms with Gasteiger partial charge >= 0.3 is 0 Å². The van der Waals surface area contributed by atoms with Crippen LogP contribution in [0.1, 0.15) is 0 Å². The molecule has 0 atom stereocenters. The van der Waals surface area contributed by atoms with Gasteiger partial charge in [0.15, 0.2) is 11.2 Å². The summed E-state index contributed by atoms with van der Waals surface area (Å²) in [6, 6.07) is 30.5. The molecule has 0 bridgehead atoms. The van der Waals surface area contributed by atoms with E-state index in [1.165, 1.54) is 12.1 Å². The maximum atomic E-state index is 14.0. The van der Waals surface area contributed by atoms with E-state index in [0.29, 0.717) is 27.7 Å². The molecule has 174 valence electrons. The summed E-state index contributed by atoms with van der Waals surface area (Å²) in [5, 5.41) is 0.585. The van der Waals surface area contributed by atoms with Crippen LogP contribution in [-0.2, 0) is 0 Å². The normalized spacial score (nSPS) is 11.2. The monoisotopic (exact) mass is 492 g/mol. The molecule has 0 aliphatic rings. The highest BCUT2D eigenvalue weighted by atomic mass is 35.5. The van der Waals surface area contributed by atoms with Crippen LogP contribution in [0.15, 0.2) is 114 Å². The van der Waals surface area contributed by atoms with E-state index in [0.717, 1.165) is 22.4 Å². The maximum absolute atomic E-state index is 14.0. The highest BCUT2D eigenvalue weighted by Gasteiger charge is 2.19. The number of imidazole rings is 1. The number of nitrogens with zero attached hydrogens (tertiary/aromatic N) is 4. The van der Waals surface area contributed by atoms with Crippen LogP contribution in [0, 0.1) is 5.82 Å². The van der Waals surface area contributed by atoms with Gasteiger partial charge < -0.3 is 0 Å². The van der Waals surface area contributed by atoms with Crippen LogP contribution in [-0.4, -0.2) is 19.1 Å². The van der Waals surface area contributed by atoms with Gasteiger partial charge in [-0.2, -0.15) is 0 Å². The van der Waals surface area contributed by atoms with Crippen molar-refractivity contribution in [3.8, 4) is 33.9 Å². The minimum Gasteiger partial charge on any atom is -0.293 e. The summed E-state index contributed by atoms with van der Waals surface area (Å²) in [4.78, 5) is 23.3. The Labute approximate surface area is 210 Å². The smallest absolute Gasteiger partial charge is 0.285 e. The lowest BCUT2D eigenvalue weighted by Crippen LogP contribution is -2.23. The van der Waals surface area contributed by atoms with Crippen molar-refractivity contribution in [3.63, 3.8) is 0 Å². The van der Waals surface area contributed by atoms with E-state index in [-0.39, 0.29) is 11.4 Å². The van der Waals surface area contributed by atoms with E-state index in [4.69, 9.17) is 16.6 Å². The van der Waals surface area contributed by atoms with Crippen LogP contribution in [0.5, 0.6) is 0 Å². The molecule has 0 spiro atoms. The third-order valence-electron chi connectivity index (χ3n) is 6.00. The van der Waals surface area contributed by atoms with Gasteiger partial charge in [-0.3, -0.25) is 13.9 Å². The number of benzene rings is 4. The van der Waals surface area contributed by atoms with Crippen molar-refractivity contribution in [2.45, 2.75) is 0 Å². The molecule has 2 aromatic heterocycles. The van der Waals surface area contributed by atoms with Gasteiger partial charge in [-0.05, 0) is 71.8 Å². The van der Waals surface area contributed by atoms with Crippen LogP contribution < -0.4 is 5.56 Å². The highest BCUT2D eigenvalue weighted by Crippen LogP contribution is 2.26.